The number of rotatable bonds is 6. The van der Waals surface area contributed by atoms with Crippen molar-refractivity contribution in [2.45, 2.75) is 59.2 Å². The average molecular weight is 263 g/mol. The molecule has 1 rings (SSSR count). The molecule has 1 atom stereocenters. The SMILES string of the molecule is CCC(C)(C)NC(=O)C(C)NCc1ncccc1C. The first-order chi connectivity index (χ1) is 8.85. The van der Waals surface area contributed by atoms with E-state index in [9.17, 15) is 4.79 Å². The molecule has 4 heteroatoms. The van der Waals surface area contributed by atoms with Crippen LogP contribution >= 0.6 is 0 Å². The van der Waals surface area contributed by atoms with E-state index in [0.717, 1.165) is 17.7 Å². The van der Waals surface area contributed by atoms with Gasteiger partial charge < -0.3 is 10.6 Å². The second kappa shape index (κ2) is 6.66. The van der Waals surface area contributed by atoms with Crippen LogP contribution in [0.3, 0.4) is 0 Å². The number of amides is 1. The Morgan fingerprint density at radius 2 is 2.16 bits per heavy atom. The van der Waals surface area contributed by atoms with Crippen LogP contribution in [0.1, 0.15) is 45.4 Å². The summed E-state index contributed by atoms with van der Waals surface area (Å²) in [6.07, 6.45) is 2.68. The van der Waals surface area contributed by atoms with Crippen LogP contribution in [0, 0.1) is 6.92 Å². The fourth-order valence-electron chi connectivity index (χ4n) is 1.58. The number of carbonyl (C=O) groups is 1. The van der Waals surface area contributed by atoms with Gasteiger partial charge >= 0.3 is 0 Å². The largest absolute Gasteiger partial charge is 0.350 e. The topological polar surface area (TPSA) is 54.0 Å². The molecule has 0 aliphatic heterocycles. The second-order valence-corrected chi connectivity index (χ2v) is 5.60. The van der Waals surface area contributed by atoms with Crippen molar-refractivity contribution in [3.05, 3.63) is 29.6 Å². The van der Waals surface area contributed by atoms with Gasteiger partial charge in [-0.3, -0.25) is 9.78 Å². The molecule has 2 N–H and O–H groups in total. The Bertz CT molecular complexity index is 429. The predicted molar refractivity (Wildman–Crippen MR) is 77.8 cm³/mol. The Hall–Kier alpha value is -1.42. The van der Waals surface area contributed by atoms with Crippen molar-refractivity contribution in [1.82, 2.24) is 15.6 Å². The smallest absolute Gasteiger partial charge is 0.237 e. The van der Waals surface area contributed by atoms with Crippen LogP contribution in [0.15, 0.2) is 18.3 Å². The van der Waals surface area contributed by atoms with Crippen LogP contribution in [0.4, 0.5) is 0 Å². The standard InChI is InChI=1S/C15H25N3O/c1-6-15(4,5)18-14(19)12(3)17-10-13-11(2)8-7-9-16-13/h7-9,12,17H,6,10H2,1-5H3,(H,18,19). The minimum atomic E-state index is -0.229. The summed E-state index contributed by atoms with van der Waals surface area (Å²) in [4.78, 5) is 16.3. The van der Waals surface area contributed by atoms with Gasteiger partial charge in [-0.2, -0.15) is 0 Å². The van der Waals surface area contributed by atoms with Gasteiger partial charge in [-0.25, -0.2) is 0 Å². The number of nitrogens with one attached hydrogen (secondary N) is 2. The molecule has 4 nitrogen and oxygen atoms in total. The molecule has 0 bridgehead atoms. The van der Waals surface area contributed by atoms with Crippen LogP contribution in [0.5, 0.6) is 0 Å². The molecule has 1 unspecified atom stereocenters. The normalized spacial score (nSPS) is 13.1. The number of nitrogens with zero attached hydrogens (tertiary/aromatic N) is 1. The summed E-state index contributed by atoms with van der Waals surface area (Å²) < 4.78 is 0. The van der Waals surface area contributed by atoms with Gasteiger partial charge in [0.2, 0.25) is 5.91 Å². The zero-order valence-corrected chi connectivity index (χ0v) is 12.6. The number of hydrogen-bond acceptors (Lipinski definition) is 3. The van der Waals surface area contributed by atoms with E-state index >= 15 is 0 Å². The third kappa shape index (κ3) is 4.99. The highest BCUT2D eigenvalue weighted by molar-refractivity contribution is 5.81. The van der Waals surface area contributed by atoms with E-state index in [1.54, 1.807) is 6.20 Å². The van der Waals surface area contributed by atoms with Gasteiger partial charge in [-0.15, -0.1) is 0 Å². The highest BCUT2D eigenvalue weighted by atomic mass is 16.2. The van der Waals surface area contributed by atoms with E-state index in [1.165, 1.54) is 0 Å². The first kappa shape index (κ1) is 15.6. The van der Waals surface area contributed by atoms with Gasteiger partial charge in [0.25, 0.3) is 0 Å². The fourth-order valence-corrected chi connectivity index (χ4v) is 1.58. The lowest BCUT2D eigenvalue weighted by Gasteiger charge is -2.26. The van der Waals surface area contributed by atoms with E-state index in [0.29, 0.717) is 6.54 Å². The summed E-state index contributed by atoms with van der Waals surface area (Å²) in [7, 11) is 0. The predicted octanol–water partition coefficient (Wildman–Crippen LogP) is 2.17. The van der Waals surface area contributed by atoms with Crippen molar-refractivity contribution < 1.29 is 4.79 Å². The molecule has 0 spiro atoms. The quantitative estimate of drug-likeness (QED) is 0.827. The molecular formula is C15H25N3O. The molecule has 0 aromatic carbocycles. The molecule has 0 saturated carbocycles. The molecule has 0 radical (unpaired) electrons. The van der Waals surface area contributed by atoms with Gasteiger partial charge in [0, 0.05) is 18.3 Å². The Balaban J connectivity index is 2.50. The highest BCUT2D eigenvalue weighted by Gasteiger charge is 2.21. The second-order valence-electron chi connectivity index (χ2n) is 5.60. The molecule has 106 valence electrons. The Morgan fingerprint density at radius 1 is 1.47 bits per heavy atom. The van der Waals surface area contributed by atoms with Crippen molar-refractivity contribution in [3.8, 4) is 0 Å². The summed E-state index contributed by atoms with van der Waals surface area (Å²) in [6, 6.07) is 3.71. The zero-order valence-electron chi connectivity index (χ0n) is 12.6. The molecule has 0 saturated heterocycles. The highest BCUT2D eigenvalue weighted by Crippen LogP contribution is 2.07. The molecule has 0 aliphatic carbocycles. The van der Waals surface area contributed by atoms with Crippen molar-refractivity contribution in [2.24, 2.45) is 0 Å². The number of pyridine rings is 1. The number of hydrogen-bond donors (Lipinski definition) is 2. The van der Waals surface area contributed by atoms with E-state index in [2.05, 4.69) is 22.5 Å². The van der Waals surface area contributed by atoms with Crippen LogP contribution < -0.4 is 10.6 Å². The molecule has 1 amide bonds. The summed E-state index contributed by atoms with van der Waals surface area (Å²) in [5.41, 5.74) is 1.96. The van der Waals surface area contributed by atoms with Crippen molar-refractivity contribution >= 4 is 5.91 Å². The average Bonchev–Trinajstić information content (AvgIpc) is 2.37. The lowest BCUT2D eigenvalue weighted by molar-refractivity contribution is -0.124. The Kier molecular flexibility index (Phi) is 5.48. The Morgan fingerprint density at radius 3 is 2.74 bits per heavy atom. The summed E-state index contributed by atoms with van der Waals surface area (Å²) in [5, 5.41) is 6.25. The first-order valence-electron chi connectivity index (χ1n) is 6.81. The summed E-state index contributed by atoms with van der Waals surface area (Å²) in [5.74, 6) is 0.0282. The monoisotopic (exact) mass is 263 g/mol. The van der Waals surface area contributed by atoms with Crippen molar-refractivity contribution in [3.63, 3.8) is 0 Å². The third-order valence-electron chi connectivity index (χ3n) is 3.43. The lowest BCUT2D eigenvalue weighted by Crippen LogP contribution is -2.50. The minimum Gasteiger partial charge on any atom is -0.350 e. The van der Waals surface area contributed by atoms with Gasteiger partial charge in [0.15, 0.2) is 0 Å². The van der Waals surface area contributed by atoms with E-state index in [4.69, 9.17) is 0 Å². The molecule has 0 fully saturated rings. The van der Waals surface area contributed by atoms with Crippen LogP contribution in [-0.4, -0.2) is 22.5 Å². The maximum Gasteiger partial charge on any atom is 0.237 e. The van der Waals surface area contributed by atoms with Crippen LogP contribution in [0.25, 0.3) is 0 Å². The maximum absolute atomic E-state index is 12.0. The number of aryl methyl sites for hydroxylation is 1. The zero-order chi connectivity index (χ0) is 14.5. The van der Waals surface area contributed by atoms with Crippen molar-refractivity contribution in [2.75, 3.05) is 0 Å². The Labute approximate surface area is 116 Å². The molecular weight excluding hydrogens is 238 g/mol. The number of carbonyl (C=O) groups excluding carboxylic acids is 1. The molecule has 0 aliphatic rings. The van der Waals surface area contributed by atoms with E-state index in [1.807, 2.05) is 39.8 Å². The maximum atomic E-state index is 12.0. The molecule has 19 heavy (non-hydrogen) atoms. The van der Waals surface area contributed by atoms with E-state index < -0.39 is 0 Å². The van der Waals surface area contributed by atoms with Gasteiger partial charge in [-0.1, -0.05) is 13.0 Å². The molecule has 1 aromatic heterocycles. The first-order valence-corrected chi connectivity index (χ1v) is 6.81. The van der Waals surface area contributed by atoms with Gasteiger partial charge in [-0.05, 0) is 45.7 Å². The number of aromatic nitrogens is 1. The van der Waals surface area contributed by atoms with Crippen LogP contribution in [-0.2, 0) is 11.3 Å². The molecule has 1 heterocycles. The minimum absolute atomic E-state index is 0.0282. The molecule has 1 aromatic rings. The van der Waals surface area contributed by atoms with Gasteiger partial charge in [0.1, 0.15) is 0 Å². The van der Waals surface area contributed by atoms with Crippen molar-refractivity contribution in [1.29, 1.82) is 0 Å². The van der Waals surface area contributed by atoms with Gasteiger partial charge in [0.05, 0.1) is 11.7 Å². The van der Waals surface area contributed by atoms with E-state index in [-0.39, 0.29) is 17.5 Å². The summed E-state index contributed by atoms with van der Waals surface area (Å²) in [6.45, 7) is 10.6. The van der Waals surface area contributed by atoms with Crippen LogP contribution in [0.2, 0.25) is 0 Å². The fraction of sp³-hybridized carbons (Fsp3) is 0.600. The lowest BCUT2D eigenvalue weighted by atomic mass is 10.0. The third-order valence-corrected chi connectivity index (χ3v) is 3.43. The summed E-state index contributed by atoms with van der Waals surface area (Å²) >= 11 is 0.